The van der Waals surface area contributed by atoms with Crippen LogP contribution in [0.5, 0.6) is 0 Å². The Labute approximate surface area is 135 Å². The van der Waals surface area contributed by atoms with Crippen LogP contribution >= 0.6 is 39.1 Å². The molecule has 2 aromatic rings. The number of nitrogens with zero attached hydrogens (tertiary/aromatic N) is 1. The number of urea groups is 1. The van der Waals surface area contributed by atoms with Crippen LogP contribution in [0.15, 0.2) is 46.9 Å². The standard InChI is InChI=1S/C14H11BrCl2N2O/c1-19(13-5-3-2-4-12(13)15)14(20)18-11-7-9(16)6-10(17)8-11/h2-8H,1H3,(H,18,20). The molecule has 0 saturated heterocycles. The van der Waals surface area contributed by atoms with Gasteiger partial charge < -0.3 is 5.32 Å². The van der Waals surface area contributed by atoms with E-state index in [0.29, 0.717) is 15.7 Å². The molecule has 2 aromatic carbocycles. The summed E-state index contributed by atoms with van der Waals surface area (Å²) < 4.78 is 0.835. The van der Waals surface area contributed by atoms with Crippen molar-refractivity contribution in [3.05, 3.63) is 57.0 Å². The molecule has 0 heterocycles. The maximum absolute atomic E-state index is 12.2. The van der Waals surface area contributed by atoms with Crippen LogP contribution < -0.4 is 10.2 Å². The Bertz CT molecular complexity index is 629. The molecule has 0 aliphatic heterocycles. The van der Waals surface area contributed by atoms with Crippen LogP contribution in [0.2, 0.25) is 10.0 Å². The second-order valence-electron chi connectivity index (χ2n) is 4.10. The van der Waals surface area contributed by atoms with Gasteiger partial charge in [0.05, 0.1) is 5.69 Å². The van der Waals surface area contributed by atoms with Gasteiger partial charge in [-0.15, -0.1) is 0 Å². The molecule has 0 fully saturated rings. The molecule has 1 N–H and O–H groups in total. The average molecular weight is 374 g/mol. The van der Waals surface area contributed by atoms with Gasteiger partial charge in [-0.1, -0.05) is 35.3 Å². The van der Waals surface area contributed by atoms with Crippen LogP contribution in [0.4, 0.5) is 16.2 Å². The molecule has 0 saturated carbocycles. The third-order valence-corrected chi connectivity index (χ3v) is 3.74. The first-order chi connectivity index (χ1) is 9.47. The van der Waals surface area contributed by atoms with E-state index in [1.54, 1.807) is 25.2 Å². The summed E-state index contributed by atoms with van der Waals surface area (Å²) in [6, 6.07) is 12.1. The molecule has 2 amide bonds. The van der Waals surface area contributed by atoms with Gasteiger partial charge in [-0.05, 0) is 46.3 Å². The molecular weight excluding hydrogens is 363 g/mol. The van der Waals surface area contributed by atoms with Gasteiger partial charge in [0.25, 0.3) is 0 Å². The molecule has 0 unspecified atom stereocenters. The lowest BCUT2D eigenvalue weighted by atomic mass is 10.3. The molecule has 104 valence electrons. The summed E-state index contributed by atoms with van der Waals surface area (Å²) in [5.74, 6) is 0. The van der Waals surface area contributed by atoms with Crippen LogP contribution in [0.3, 0.4) is 0 Å². The predicted octanol–water partition coefficient (Wildman–Crippen LogP) is 5.42. The molecule has 2 rings (SSSR count). The first kappa shape index (κ1) is 15.2. The summed E-state index contributed by atoms with van der Waals surface area (Å²) in [4.78, 5) is 13.7. The number of halogens is 3. The van der Waals surface area contributed by atoms with Crippen molar-refractivity contribution in [1.82, 2.24) is 0 Å². The minimum atomic E-state index is -0.282. The molecule has 0 spiro atoms. The van der Waals surface area contributed by atoms with Crippen molar-refractivity contribution in [2.45, 2.75) is 0 Å². The summed E-state index contributed by atoms with van der Waals surface area (Å²) in [7, 11) is 1.68. The highest BCUT2D eigenvalue weighted by Gasteiger charge is 2.13. The third-order valence-electron chi connectivity index (χ3n) is 2.63. The van der Waals surface area contributed by atoms with Gasteiger partial charge >= 0.3 is 6.03 Å². The molecule has 20 heavy (non-hydrogen) atoms. The van der Waals surface area contributed by atoms with Crippen molar-refractivity contribution in [1.29, 1.82) is 0 Å². The fourth-order valence-corrected chi connectivity index (χ4v) is 2.74. The quantitative estimate of drug-likeness (QED) is 0.748. The zero-order valence-electron chi connectivity index (χ0n) is 10.5. The van der Waals surface area contributed by atoms with Gasteiger partial charge in [0.2, 0.25) is 0 Å². The zero-order valence-corrected chi connectivity index (χ0v) is 13.6. The summed E-state index contributed by atoms with van der Waals surface area (Å²) in [5.41, 5.74) is 1.31. The maximum Gasteiger partial charge on any atom is 0.326 e. The van der Waals surface area contributed by atoms with E-state index in [1.807, 2.05) is 24.3 Å². The summed E-state index contributed by atoms with van der Waals surface area (Å²) in [6.07, 6.45) is 0. The average Bonchev–Trinajstić information content (AvgIpc) is 2.37. The van der Waals surface area contributed by atoms with E-state index >= 15 is 0 Å². The fraction of sp³-hybridized carbons (Fsp3) is 0.0714. The predicted molar refractivity (Wildman–Crippen MR) is 88.0 cm³/mol. The molecule has 0 aromatic heterocycles. The van der Waals surface area contributed by atoms with Gasteiger partial charge in [-0.3, -0.25) is 4.90 Å². The van der Waals surface area contributed by atoms with Gasteiger partial charge in [0, 0.05) is 27.3 Å². The third kappa shape index (κ3) is 3.66. The number of nitrogens with one attached hydrogen (secondary N) is 1. The van der Waals surface area contributed by atoms with E-state index < -0.39 is 0 Å². The number of hydrogen-bond acceptors (Lipinski definition) is 1. The number of para-hydroxylation sites is 1. The number of carbonyl (C=O) groups is 1. The summed E-state index contributed by atoms with van der Waals surface area (Å²) in [5, 5.41) is 3.68. The van der Waals surface area contributed by atoms with Crippen molar-refractivity contribution >= 4 is 56.5 Å². The summed E-state index contributed by atoms with van der Waals surface area (Å²) in [6.45, 7) is 0. The van der Waals surface area contributed by atoms with Gasteiger partial charge in [0.15, 0.2) is 0 Å². The van der Waals surface area contributed by atoms with E-state index in [1.165, 1.54) is 4.90 Å². The lowest BCUT2D eigenvalue weighted by molar-refractivity contribution is 0.258. The van der Waals surface area contributed by atoms with E-state index in [-0.39, 0.29) is 6.03 Å². The van der Waals surface area contributed by atoms with E-state index in [4.69, 9.17) is 23.2 Å². The Balaban J connectivity index is 2.18. The topological polar surface area (TPSA) is 32.3 Å². The lowest BCUT2D eigenvalue weighted by Gasteiger charge is -2.19. The smallest absolute Gasteiger partial charge is 0.307 e. The molecule has 0 bridgehead atoms. The van der Waals surface area contributed by atoms with Gasteiger partial charge in [-0.2, -0.15) is 0 Å². The number of hydrogen-bond donors (Lipinski definition) is 1. The Morgan fingerprint density at radius 2 is 1.75 bits per heavy atom. The van der Waals surface area contributed by atoms with Gasteiger partial charge in [-0.25, -0.2) is 4.79 Å². The molecule has 0 radical (unpaired) electrons. The SMILES string of the molecule is CN(C(=O)Nc1cc(Cl)cc(Cl)c1)c1ccccc1Br. The Morgan fingerprint density at radius 1 is 1.15 bits per heavy atom. The van der Waals surface area contributed by atoms with E-state index in [9.17, 15) is 4.79 Å². The van der Waals surface area contributed by atoms with Crippen molar-refractivity contribution in [3.63, 3.8) is 0 Å². The van der Waals surface area contributed by atoms with Gasteiger partial charge in [0.1, 0.15) is 0 Å². The van der Waals surface area contributed by atoms with Crippen molar-refractivity contribution in [3.8, 4) is 0 Å². The summed E-state index contributed by atoms with van der Waals surface area (Å²) >= 11 is 15.2. The number of rotatable bonds is 2. The van der Waals surface area contributed by atoms with Crippen LogP contribution in [0, 0.1) is 0 Å². The molecule has 0 aliphatic carbocycles. The van der Waals surface area contributed by atoms with Crippen molar-refractivity contribution in [2.24, 2.45) is 0 Å². The second kappa shape index (κ2) is 6.48. The fourth-order valence-electron chi connectivity index (χ4n) is 1.67. The van der Waals surface area contributed by atoms with Crippen LogP contribution in [0.1, 0.15) is 0 Å². The minimum Gasteiger partial charge on any atom is -0.307 e. The largest absolute Gasteiger partial charge is 0.326 e. The molecule has 0 atom stereocenters. The van der Waals surface area contributed by atoms with E-state index in [0.717, 1.165) is 10.2 Å². The second-order valence-corrected chi connectivity index (χ2v) is 5.83. The normalized spacial score (nSPS) is 10.2. The molecule has 3 nitrogen and oxygen atoms in total. The van der Waals surface area contributed by atoms with Crippen LogP contribution in [-0.4, -0.2) is 13.1 Å². The first-order valence-corrected chi connectivity index (χ1v) is 7.27. The Hall–Kier alpha value is -1.23. The highest BCUT2D eigenvalue weighted by atomic mass is 79.9. The highest BCUT2D eigenvalue weighted by molar-refractivity contribution is 9.10. The van der Waals surface area contributed by atoms with E-state index in [2.05, 4.69) is 21.2 Å². The maximum atomic E-state index is 12.2. The van der Waals surface area contributed by atoms with Crippen molar-refractivity contribution in [2.75, 3.05) is 17.3 Å². The number of anilines is 2. The van der Waals surface area contributed by atoms with Crippen molar-refractivity contribution < 1.29 is 4.79 Å². The number of amides is 2. The first-order valence-electron chi connectivity index (χ1n) is 5.72. The van der Waals surface area contributed by atoms with Crippen LogP contribution in [-0.2, 0) is 0 Å². The highest BCUT2D eigenvalue weighted by Crippen LogP contribution is 2.26. The molecule has 0 aliphatic rings. The zero-order chi connectivity index (χ0) is 14.7. The number of carbonyl (C=O) groups excluding carboxylic acids is 1. The molecule has 6 heteroatoms. The lowest BCUT2D eigenvalue weighted by Crippen LogP contribution is -2.31. The Kier molecular flexibility index (Phi) is 4.91. The Morgan fingerprint density at radius 3 is 2.35 bits per heavy atom. The monoisotopic (exact) mass is 372 g/mol. The molecular formula is C14H11BrCl2N2O. The number of benzene rings is 2. The van der Waals surface area contributed by atoms with Crippen LogP contribution in [0.25, 0.3) is 0 Å². The minimum absolute atomic E-state index is 0.282.